The first kappa shape index (κ1) is 13.3. The van der Waals surface area contributed by atoms with Crippen LogP contribution in [0.4, 0.5) is 0 Å². The minimum Gasteiger partial charge on any atom is -0.395 e. The van der Waals surface area contributed by atoms with E-state index < -0.39 is 0 Å². The maximum atomic E-state index is 9.44. The van der Waals surface area contributed by atoms with Crippen molar-refractivity contribution in [3.05, 3.63) is 48.0 Å². The summed E-state index contributed by atoms with van der Waals surface area (Å²) in [5, 5.41) is 12.9. The summed E-state index contributed by atoms with van der Waals surface area (Å²) in [6, 6.07) is 10.5. The first-order chi connectivity index (χ1) is 8.88. The fourth-order valence-electron chi connectivity index (χ4n) is 2.47. The minimum atomic E-state index is 0.179. The molecule has 1 aromatic carbocycles. The average molecular weight is 245 g/mol. The molecule has 0 aliphatic heterocycles. The molecule has 0 aromatic heterocycles. The fraction of sp³-hybridized carbons (Fsp3) is 0.500. The van der Waals surface area contributed by atoms with E-state index in [0.717, 1.165) is 18.9 Å². The van der Waals surface area contributed by atoms with Crippen molar-refractivity contribution in [2.45, 2.75) is 31.7 Å². The van der Waals surface area contributed by atoms with Crippen LogP contribution in [0, 0.1) is 5.92 Å². The number of aliphatic hydroxyl groups is 1. The van der Waals surface area contributed by atoms with Gasteiger partial charge in [-0.25, -0.2) is 0 Å². The lowest BCUT2D eigenvalue weighted by Gasteiger charge is -2.22. The average Bonchev–Trinajstić information content (AvgIpc) is 2.45. The zero-order chi connectivity index (χ0) is 12.6. The van der Waals surface area contributed by atoms with E-state index in [2.05, 4.69) is 41.7 Å². The summed E-state index contributed by atoms with van der Waals surface area (Å²) in [6.45, 7) is 1.22. The molecule has 1 aliphatic carbocycles. The third kappa shape index (κ3) is 4.28. The first-order valence-corrected chi connectivity index (χ1v) is 6.91. The molecule has 2 atom stereocenters. The van der Waals surface area contributed by atoms with Crippen LogP contribution in [0.15, 0.2) is 42.5 Å². The molecule has 2 nitrogen and oxygen atoms in total. The maximum absolute atomic E-state index is 9.44. The highest BCUT2D eigenvalue weighted by Crippen LogP contribution is 2.17. The van der Waals surface area contributed by atoms with Gasteiger partial charge >= 0.3 is 0 Å². The molecule has 1 aliphatic rings. The molecule has 0 saturated heterocycles. The van der Waals surface area contributed by atoms with Crippen LogP contribution in [0.1, 0.15) is 24.8 Å². The van der Waals surface area contributed by atoms with Gasteiger partial charge in [0.05, 0.1) is 6.61 Å². The lowest BCUT2D eigenvalue weighted by atomic mass is 9.94. The number of nitrogens with one attached hydrogen (secondary N) is 1. The molecule has 2 N–H and O–H groups in total. The highest BCUT2D eigenvalue weighted by molar-refractivity contribution is 5.15. The predicted molar refractivity (Wildman–Crippen MR) is 75.5 cm³/mol. The summed E-state index contributed by atoms with van der Waals surface area (Å²) < 4.78 is 0. The van der Waals surface area contributed by atoms with Gasteiger partial charge < -0.3 is 10.4 Å². The van der Waals surface area contributed by atoms with E-state index in [1.165, 1.54) is 24.8 Å². The smallest absolute Gasteiger partial charge is 0.0587 e. The van der Waals surface area contributed by atoms with Crippen LogP contribution in [0.2, 0.25) is 0 Å². The Hall–Kier alpha value is -1.12. The number of aliphatic hydroxyl groups excluding tert-OH is 1. The highest BCUT2D eigenvalue weighted by Gasteiger charge is 2.13. The Morgan fingerprint density at radius 1 is 1.22 bits per heavy atom. The normalized spacial score (nSPS) is 20.8. The zero-order valence-electron chi connectivity index (χ0n) is 10.9. The standard InChI is InChI=1S/C16H23NO/c18-13-16(11-14-7-3-1-4-8-14)17-12-15-9-5-2-6-10-15/h1-5,7-8,15-18H,6,9-13H2. The van der Waals surface area contributed by atoms with Gasteiger partial charge in [0.15, 0.2) is 0 Å². The third-order valence-corrected chi connectivity index (χ3v) is 3.62. The molecule has 0 saturated carbocycles. The van der Waals surface area contributed by atoms with Crippen LogP contribution in [0.25, 0.3) is 0 Å². The zero-order valence-corrected chi connectivity index (χ0v) is 10.9. The second-order valence-corrected chi connectivity index (χ2v) is 5.13. The van der Waals surface area contributed by atoms with Crippen LogP contribution in [-0.2, 0) is 6.42 Å². The van der Waals surface area contributed by atoms with Crippen LogP contribution in [0.5, 0.6) is 0 Å². The van der Waals surface area contributed by atoms with Gasteiger partial charge in [0.1, 0.15) is 0 Å². The number of hydrogen-bond donors (Lipinski definition) is 2. The predicted octanol–water partition coefficient (Wildman–Crippen LogP) is 2.54. The summed E-state index contributed by atoms with van der Waals surface area (Å²) in [5.41, 5.74) is 1.28. The number of hydrogen-bond acceptors (Lipinski definition) is 2. The SMILES string of the molecule is OCC(Cc1ccccc1)NCC1CC=CCC1. The van der Waals surface area contributed by atoms with Gasteiger partial charge in [-0.2, -0.15) is 0 Å². The van der Waals surface area contributed by atoms with Gasteiger partial charge in [-0.3, -0.25) is 0 Å². The summed E-state index contributed by atoms with van der Waals surface area (Å²) in [4.78, 5) is 0. The van der Waals surface area contributed by atoms with Crippen molar-refractivity contribution >= 4 is 0 Å². The van der Waals surface area contributed by atoms with E-state index in [4.69, 9.17) is 0 Å². The Morgan fingerprint density at radius 3 is 2.72 bits per heavy atom. The van der Waals surface area contributed by atoms with Gasteiger partial charge in [-0.15, -0.1) is 0 Å². The van der Waals surface area contributed by atoms with Crippen LogP contribution in [-0.4, -0.2) is 24.3 Å². The molecule has 1 aromatic rings. The Balaban J connectivity index is 1.77. The molecule has 0 spiro atoms. The summed E-state index contributed by atoms with van der Waals surface area (Å²) in [5.74, 6) is 0.736. The van der Waals surface area contributed by atoms with Crippen LogP contribution in [0.3, 0.4) is 0 Å². The summed E-state index contributed by atoms with van der Waals surface area (Å²) in [7, 11) is 0. The largest absolute Gasteiger partial charge is 0.395 e. The number of benzene rings is 1. The molecule has 0 amide bonds. The quantitative estimate of drug-likeness (QED) is 0.755. The van der Waals surface area contributed by atoms with Gasteiger partial charge in [0.25, 0.3) is 0 Å². The number of rotatable bonds is 6. The molecular weight excluding hydrogens is 222 g/mol. The van der Waals surface area contributed by atoms with E-state index >= 15 is 0 Å². The van der Waals surface area contributed by atoms with Crippen molar-refractivity contribution in [1.29, 1.82) is 0 Å². The van der Waals surface area contributed by atoms with Crippen LogP contribution >= 0.6 is 0 Å². The van der Waals surface area contributed by atoms with E-state index in [1.54, 1.807) is 0 Å². The maximum Gasteiger partial charge on any atom is 0.0587 e. The molecular formula is C16H23NO. The monoisotopic (exact) mass is 245 g/mol. The van der Waals surface area contributed by atoms with Crippen LogP contribution < -0.4 is 5.32 Å². The second kappa shape index (κ2) is 7.34. The van der Waals surface area contributed by atoms with Crippen molar-refractivity contribution in [2.75, 3.05) is 13.2 Å². The van der Waals surface area contributed by atoms with Gasteiger partial charge in [-0.1, -0.05) is 42.5 Å². The van der Waals surface area contributed by atoms with Crippen molar-refractivity contribution in [1.82, 2.24) is 5.32 Å². The molecule has 2 rings (SSSR count). The second-order valence-electron chi connectivity index (χ2n) is 5.13. The molecule has 0 heterocycles. The Kier molecular flexibility index (Phi) is 5.43. The topological polar surface area (TPSA) is 32.3 Å². The Labute approximate surface area is 110 Å². The summed E-state index contributed by atoms with van der Waals surface area (Å²) >= 11 is 0. The molecule has 0 radical (unpaired) electrons. The molecule has 0 bridgehead atoms. The van der Waals surface area contributed by atoms with Crippen molar-refractivity contribution < 1.29 is 5.11 Å². The van der Waals surface area contributed by atoms with Gasteiger partial charge in [0, 0.05) is 6.04 Å². The van der Waals surface area contributed by atoms with Crippen molar-refractivity contribution in [3.63, 3.8) is 0 Å². The highest BCUT2D eigenvalue weighted by atomic mass is 16.3. The molecule has 2 unspecified atom stereocenters. The lowest BCUT2D eigenvalue weighted by molar-refractivity contribution is 0.234. The molecule has 2 heteroatoms. The summed E-state index contributed by atoms with van der Waals surface area (Å²) in [6.07, 6.45) is 9.10. The first-order valence-electron chi connectivity index (χ1n) is 6.91. The fourth-order valence-corrected chi connectivity index (χ4v) is 2.47. The molecule has 18 heavy (non-hydrogen) atoms. The van der Waals surface area contributed by atoms with Gasteiger partial charge in [-0.05, 0) is 43.7 Å². The third-order valence-electron chi connectivity index (χ3n) is 3.62. The van der Waals surface area contributed by atoms with E-state index in [1.807, 2.05) is 6.07 Å². The van der Waals surface area contributed by atoms with E-state index in [-0.39, 0.29) is 12.6 Å². The van der Waals surface area contributed by atoms with Gasteiger partial charge in [0.2, 0.25) is 0 Å². The van der Waals surface area contributed by atoms with E-state index in [9.17, 15) is 5.11 Å². The van der Waals surface area contributed by atoms with E-state index in [0.29, 0.717) is 0 Å². The molecule has 98 valence electrons. The lowest BCUT2D eigenvalue weighted by Crippen LogP contribution is -2.38. The Bertz CT molecular complexity index is 361. The Morgan fingerprint density at radius 2 is 2.06 bits per heavy atom. The number of allylic oxidation sites excluding steroid dienone is 2. The van der Waals surface area contributed by atoms with Crippen molar-refractivity contribution in [3.8, 4) is 0 Å². The van der Waals surface area contributed by atoms with Crippen molar-refractivity contribution in [2.24, 2.45) is 5.92 Å². The minimum absolute atomic E-state index is 0.179. The molecule has 0 fully saturated rings.